The zero-order chi connectivity index (χ0) is 18.9. The molecule has 0 bridgehead atoms. The number of carbonyl (C=O) groups is 1. The van der Waals surface area contributed by atoms with Crippen molar-refractivity contribution < 1.29 is 13.9 Å². The van der Waals surface area contributed by atoms with E-state index in [9.17, 15) is 9.18 Å². The van der Waals surface area contributed by atoms with E-state index in [0.29, 0.717) is 11.4 Å². The van der Waals surface area contributed by atoms with Crippen molar-refractivity contribution >= 4 is 17.7 Å². The first kappa shape index (κ1) is 19.1. The number of nitrogens with zero attached hydrogens (tertiary/aromatic N) is 5. The lowest BCUT2D eigenvalue weighted by Crippen LogP contribution is -2.36. The van der Waals surface area contributed by atoms with Gasteiger partial charge >= 0.3 is 6.09 Å². The number of aromatic nitrogens is 4. The summed E-state index contributed by atoms with van der Waals surface area (Å²) in [6, 6.07) is 1.01. The van der Waals surface area contributed by atoms with Crippen molar-refractivity contribution in [1.29, 1.82) is 0 Å². The molecule has 9 heteroatoms. The summed E-state index contributed by atoms with van der Waals surface area (Å²) >= 11 is 5.76. The summed E-state index contributed by atoms with van der Waals surface area (Å²) < 4.78 is 21.2. The second kappa shape index (κ2) is 6.95. The van der Waals surface area contributed by atoms with Gasteiger partial charge in [0.15, 0.2) is 11.0 Å². The van der Waals surface area contributed by atoms with E-state index in [0.717, 1.165) is 0 Å². The third-order valence-corrected chi connectivity index (χ3v) is 3.89. The van der Waals surface area contributed by atoms with Crippen LogP contribution in [-0.4, -0.2) is 43.6 Å². The number of hydrogen-bond donors (Lipinski definition) is 0. The number of halogens is 2. The van der Waals surface area contributed by atoms with Crippen LogP contribution in [0.2, 0.25) is 5.15 Å². The van der Waals surface area contributed by atoms with Gasteiger partial charge in [0.05, 0.1) is 11.7 Å². The van der Waals surface area contributed by atoms with E-state index in [1.165, 1.54) is 21.8 Å². The Bertz CT molecular complexity index is 787. The molecule has 0 fully saturated rings. The molecule has 0 spiro atoms. The number of carbonyl (C=O) groups excluding carboxylic acids is 1. The van der Waals surface area contributed by atoms with E-state index in [4.69, 9.17) is 16.3 Å². The molecule has 2 rings (SSSR count). The van der Waals surface area contributed by atoms with Gasteiger partial charge in [-0.15, -0.1) is 5.10 Å². The Labute approximate surface area is 150 Å². The van der Waals surface area contributed by atoms with E-state index in [-0.39, 0.29) is 10.7 Å². The van der Waals surface area contributed by atoms with Crippen molar-refractivity contribution in [2.75, 3.05) is 7.05 Å². The zero-order valence-corrected chi connectivity index (χ0v) is 15.8. The molecule has 1 atom stereocenters. The lowest BCUT2D eigenvalue weighted by atomic mass is 10.1. The smallest absolute Gasteiger partial charge is 0.410 e. The number of pyridine rings is 1. The van der Waals surface area contributed by atoms with Crippen molar-refractivity contribution in [3.8, 4) is 11.3 Å². The SMILES string of the molecule is CC(c1c(-c2ccnc(Cl)c2F)nnn1C)N(C)C(=O)OC(C)(C)C. The highest BCUT2D eigenvalue weighted by atomic mass is 35.5. The molecule has 2 aromatic rings. The predicted octanol–water partition coefficient (Wildman–Crippen LogP) is 3.60. The van der Waals surface area contributed by atoms with Crippen LogP contribution in [-0.2, 0) is 11.8 Å². The highest BCUT2D eigenvalue weighted by molar-refractivity contribution is 6.29. The summed E-state index contributed by atoms with van der Waals surface area (Å²) in [5.41, 5.74) is 0.401. The van der Waals surface area contributed by atoms with Gasteiger partial charge in [-0.3, -0.25) is 0 Å². The van der Waals surface area contributed by atoms with Crippen molar-refractivity contribution in [3.63, 3.8) is 0 Å². The predicted molar refractivity (Wildman–Crippen MR) is 91.6 cm³/mol. The lowest BCUT2D eigenvalue weighted by Gasteiger charge is -2.29. The van der Waals surface area contributed by atoms with Crippen LogP contribution in [0.4, 0.5) is 9.18 Å². The molecule has 0 saturated carbocycles. The molecular weight excluding hydrogens is 349 g/mol. The largest absolute Gasteiger partial charge is 0.444 e. The average Bonchev–Trinajstić information content (AvgIpc) is 2.88. The number of amides is 1. The summed E-state index contributed by atoms with van der Waals surface area (Å²) in [7, 11) is 3.28. The van der Waals surface area contributed by atoms with Gasteiger partial charge in [0.2, 0.25) is 0 Å². The van der Waals surface area contributed by atoms with Gasteiger partial charge < -0.3 is 9.64 Å². The third-order valence-electron chi connectivity index (χ3n) is 3.63. The van der Waals surface area contributed by atoms with Gasteiger partial charge in [0.1, 0.15) is 11.3 Å². The summed E-state index contributed by atoms with van der Waals surface area (Å²) in [5.74, 6) is -0.682. The Balaban J connectivity index is 2.41. The monoisotopic (exact) mass is 369 g/mol. The standard InChI is InChI=1S/C16H21ClFN5O2/c1-9(22(5)15(24)25-16(2,3)4)13-12(20-21-23(13)6)10-7-8-19-14(17)11(10)18/h7-9H,1-6H3. The molecule has 1 amide bonds. The molecule has 2 aromatic heterocycles. The van der Waals surface area contributed by atoms with E-state index in [1.807, 2.05) is 0 Å². The highest BCUT2D eigenvalue weighted by Crippen LogP contribution is 2.32. The second-order valence-corrected chi connectivity index (χ2v) is 7.04. The maximum atomic E-state index is 14.3. The Morgan fingerprint density at radius 3 is 2.68 bits per heavy atom. The third kappa shape index (κ3) is 4.07. The van der Waals surface area contributed by atoms with Crippen molar-refractivity contribution in [2.45, 2.75) is 39.3 Å². The Morgan fingerprint density at radius 2 is 2.08 bits per heavy atom. The minimum Gasteiger partial charge on any atom is -0.444 e. The van der Waals surface area contributed by atoms with Crippen molar-refractivity contribution in [3.05, 3.63) is 28.9 Å². The van der Waals surface area contributed by atoms with Crippen LogP contribution < -0.4 is 0 Å². The van der Waals surface area contributed by atoms with Crippen molar-refractivity contribution in [2.24, 2.45) is 7.05 Å². The van der Waals surface area contributed by atoms with Crippen LogP contribution in [0.3, 0.4) is 0 Å². The number of hydrogen-bond acceptors (Lipinski definition) is 5. The van der Waals surface area contributed by atoms with E-state index in [1.54, 1.807) is 41.8 Å². The minimum atomic E-state index is -0.682. The molecule has 2 heterocycles. The van der Waals surface area contributed by atoms with Crippen LogP contribution in [0.25, 0.3) is 11.3 Å². The summed E-state index contributed by atoms with van der Waals surface area (Å²) in [6.45, 7) is 7.14. The molecule has 0 N–H and O–H groups in total. The van der Waals surface area contributed by atoms with E-state index < -0.39 is 23.6 Å². The zero-order valence-electron chi connectivity index (χ0n) is 15.0. The minimum absolute atomic E-state index is 0.174. The molecule has 0 saturated heterocycles. The van der Waals surface area contributed by atoms with Crippen LogP contribution in [0.5, 0.6) is 0 Å². The fourth-order valence-electron chi connectivity index (χ4n) is 2.30. The van der Waals surface area contributed by atoms with Gasteiger partial charge in [-0.2, -0.15) is 0 Å². The fraction of sp³-hybridized carbons (Fsp3) is 0.500. The molecule has 136 valence electrons. The van der Waals surface area contributed by atoms with Gasteiger partial charge in [0.25, 0.3) is 0 Å². The molecular formula is C16H21ClFN5O2. The molecule has 0 aliphatic rings. The van der Waals surface area contributed by atoms with Gasteiger partial charge in [-0.25, -0.2) is 18.9 Å². The van der Waals surface area contributed by atoms with Crippen LogP contribution in [0.1, 0.15) is 39.4 Å². The molecule has 0 radical (unpaired) electrons. The number of rotatable bonds is 3. The fourth-order valence-corrected chi connectivity index (χ4v) is 2.46. The molecule has 0 aliphatic heterocycles. The number of aryl methyl sites for hydroxylation is 1. The molecule has 1 unspecified atom stereocenters. The summed E-state index contributed by atoms with van der Waals surface area (Å²) in [4.78, 5) is 17.4. The Hall–Kier alpha value is -2.22. The van der Waals surface area contributed by atoms with E-state index in [2.05, 4.69) is 15.3 Å². The molecule has 7 nitrogen and oxygen atoms in total. The summed E-state index contributed by atoms with van der Waals surface area (Å²) in [5, 5.41) is 7.74. The molecule has 0 aliphatic carbocycles. The van der Waals surface area contributed by atoms with Crippen molar-refractivity contribution in [1.82, 2.24) is 24.9 Å². The first-order valence-electron chi connectivity index (χ1n) is 7.68. The quantitative estimate of drug-likeness (QED) is 0.773. The molecule has 0 aromatic carbocycles. The average molecular weight is 370 g/mol. The maximum Gasteiger partial charge on any atom is 0.410 e. The highest BCUT2D eigenvalue weighted by Gasteiger charge is 2.29. The van der Waals surface area contributed by atoms with Crippen LogP contribution in [0.15, 0.2) is 12.3 Å². The first-order valence-corrected chi connectivity index (χ1v) is 8.06. The van der Waals surface area contributed by atoms with Crippen LogP contribution in [0, 0.1) is 5.82 Å². The second-order valence-electron chi connectivity index (χ2n) is 6.68. The number of ether oxygens (including phenoxy) is 1. The Kier molecular flexibility index (Phi) is 5.31. The van der Waals surface area contributed by atoms with Gasteiger partial charge in [-0.1, -0.05) is 16.8 Å². The van der Waals surface area contributed by atoms with Gasteiger partial charge in [-0.05, 0) is 33.8 Å². The molecule has 25 heavy (non-hydrogen) atoms. The first-order chi connectivity index (χ1) is 11.5. The van der Waals surface area contributed by atoms with Gasteiger partial charge in [0, 0.05) is 25.9 Å². The summed E-state index contributed by atoms with van der Waals surface area (Å²) in [6.07, 6.45) is 0.891. The van der Waals surface area contributed by atoms with Crippen LogP contribution >= 0.6 is 11.6 Å². The normalized spacial score (nSPS) is 12.8. The lowest BCUT2D eigenvalue weighted by molar-refractivity contribution is 0.0228. The Morgan fingerprint density at radius 1 is 1.44 bits per heavy atom. The van der Waals surface area contributed by atoms with E-state index >= 15 is 0 Å². The maximum absolute atomic E-state index is 14.3. The topological polar surface area (TPSA) is 73.1 Å².